The van der Waals surface area contributed by atoms with E-state index in [1.807, 2.05) is 44.0 Å². The van der Waals surface area contributed by atoms with Crippen LogP contribution in [0.5, 0.6) is 0 Å². The summed E-state index contributed by atoms with van der Waals surface area (Å²) in [5.41, 5.74) is 1.29. The molecule has 0 spiro atoms. The van der Waals surface area contributed by atoms with Crippen LogP contribution in [0.2, 0.25) is 5.02 Å². The molecule has 0 atom stereocenters. The molecular weight excluding hydrogens is 350 g/mol. The van der Waals surface area contributed by atoms with E-state index in [-0.39, 0.29) is 5.91 Å². The normalized spacial score (nSPS) is 23.0. The monoisotopic (exact) mass is 375 g/mol. The molecule has 1 fully saturated rings. The second kappa shape index (κ2) is 7.35. The van der Waals surface area contributed by atoms with Crippen LogP contribution in [0.1, 0.15) is 57.3 Å². The van der Waals surface area contributed by atoms with Crippen molar-refractivity contribution in [2.75, 3.05) is 7.05 Å². The third kappa shape index (κ3) is 3.11. The molecule has 1 aliphatic carbocycles. The number of tetrazole rings is 1. The minimum atomic E-state index is -0.488. The van der Waals surface area contributed by atoms with Crippen molar-refractivity contribution < 1.29 is 4.79 Å². The summed E-state index contributed by atoms with van der Waals surface area (Å²) < 4.78 is 1.76. The Hall–Kier alpha value is -1.95. The highest BCUT2D eigenvalue weighted by Crippen LogP contribution is 2.43. The molecule has 0 aliphatic heterocycles. The van der Waals surface area contributed by atoms with E-state index in [2.05, 4.69) is 22.4 Å². The maximum Gasteiger partial charge on any atom is 0.222 e. The van der Waals surface area contributed by atoms with Crippen molar-refractivity contribution in [2.24, 2.45) is 5.92 Å². The third-order valence-corrected chi connectivity index (χ3v) is 6.18. The Kier molecular flexibility index (Phi) is 5.32. The summed E-state index contributed by atoms with van der Waals surface area (Å²) in [5.74, 6) is 1.47. The van der Waals surface area contributed by atoms with E-state index >= 15 is 0 Å². The Morgan fingerprint density at radius 1 is 1.38 bits per heavy atom. The molecule has 1 saturated carbocycles. The first-order valence-corrected chi connectivity index (χ1v) is 9.59. The van der Waals surface area contributed by atoms with Gasteiger partial charge in [0.25, 0.3) is 0 Å². The zero-order valence-electron chi connectivity index (χ0n) is 15.9. The molecule has 0 unspecified atom stereocenters. The Morgan fingerprint density at radius 3 is 2.73 bits per heavy atom. The van der Waals surface area contributed by atoms with Gasteiger partial charge in [-0.25, -0.2) is 0 Å². The average molecular weight is 376 g/mol. The van der Waals surface area contributed by atoms with Gasteiger partial charge in [-0.15, -0.1) is 5.10 Å². The van der Waals surface area contributed by atoms with Gasteiger partial charge in [-0.2, -0.15) is 4.68 Å². The van der Waals surface area contributed by atoms with Crippen molar-refractivity contribution in [3.05, 3.63) is 34.6 Å². The number of benzene rings is 1. The fraction of sp³-hybridized carbons (Fsp3) is 0.579. The second-order valence-corrected chi connectivity index (χ2v) is 7.73. The Bertz CT molecular complexity index is 795. The lowest BCUT2D eigenvalue weighted by Crippen LogP contribution is -2.50. The van der Waals surface area contributed by atoms with Crippen molar-refractivity contribution in [1.82, 2.24) is 25.1 Å². The Labute approximate surface area is 159 Å². The highest BCUT2D eigenvalue weighted by Gasteiger charge is 2.45. The van der Waals surface area contributed by atoms with Crippen LogP contribution in [0.15, 0.2) is 18.2 Å². The topological polar surface area (TPSA) is 63.9 Å². The van der Waals surface area contributed by atoms with Crippen LogP contribution < -0.4 is 0 Å². The van der Waals surface area contributed by atoms with Crippen LogP contribution in [0, 0.1) is 12.8 Å². The molecule has 3 rings (SSSR count). The quantitative estimate of drug-likeness (QED) is 0.812. The van der Waals surface area contributed by atoms with Gasteiger partial charge >= 0.3 is 0 Å². The van der Waals surface area contributed by atoms with Crippen LogP contribution in [-0.2, 0) is 10.3 Å². The molecule has 0 bridgehead atoms. The van der Waals surface area contributed by atoms with Gasteiger partial charge < -0.3 is 4.90 Å². The van der Waals surface area contributed by atoms with Gasteiger partial charge in [0.1, 0.15) is 5.54 Å². The first-order chi connectivity index (χ1) is 12.4. The summed E-state index contributed by atoms with van der Waals surface area (Å²) >= 11 is 6.31. The molecule has 6 nitrogen and oxygen atoms in total. The van der Waals surface area contributed by atoms with E-state index in [1.165, 1.54) is 0 Å². The van der Waals surface area contributed by atoms with Crippen molar-refractivity contribution in [1.29, 1.82) is 0 Å². The molecule has 2 aromatic rings. The fourth-order valence-electron chi connectivity index (χ4n) is 3.89. The number of hydrogen-bond donors (Lipinski definition) is 0. The van der Waals surface area contributed by atoms with E-state index in [0.717, 1.165) is 42.8 Å². The highest BCUT2D eigenvalue weighted by atomic mass is 35.5. The minimum absolute atomic E-state index is 0.108. The molecule has 26 heavy (non-hydrogen) atoms. The number of hydrogen-bond acceptors (Lipinski definition) is 4. The van der Waals surface area contributed by atoms with Gasteiger partial charge in [0, 0.05) is 18.5 Å². The van der Waals surface area contributed by atoms with Crippen LogP contribution in [0.4, 0.5) is 0 Å². The van der Waals surface area contributed by atoms with Crippen molar-refractivity contribution in [3.8, 4) is 5.69 Å². The number of aromatic nitrogens is 4. The predicted molar refractivity (Wildman–Crippen MR) is 101 cm³/mol. The Morgan fingerprint density at radius 2 is 2.08 bits per heavy atom. The number of rotatable bonds is 4. The summed E-state index contributed by atoms with van der Waals surface area (Å²) in [5, 5.41) is 13.3. The van der Waals surface area contributed by atoms with Crippen molar-refractivity contribution in [3.63, 3.8) is 0 Å². The van der Waals surface area contributed by atoms with Gasteiger partial charge in [-0.1, -0.05) is 31.5 Å². The van der Waals surface area contributed by atoms with E-state index < -0.39 is 5.54 Å². The maximum absolute atomic E-state index is 12.6. The lowest BCUT2D eigenvalue weighted by atomic mass is 9.75. The summed E-state index contributed by atoms with van der Waals surface area (Å²) in [7, 11) is 1.88. The summed E-state index contributed by atoms with van der Waals surface area (Å²) in [6.45, 7) is 6.11. The van der Waals surface area contributed by atoms with Crippen molar-refractivity contribution >= 4 is 17.5 Å². The van der Waals surface area contributed by atoms with Crippen molar-refractivity contribution in [2.45, 2.75) is 58.4 Å². The summed E-state index contributed by atoms with van der Waals surface area (Å²) in [4.78, 5) is 14.5. The summed E-state index contributed by atoms with van der Waals surface area (Å²) in [6, 6.07) is 5.71. The fourth-order valence-corrected chi connectivity index (χ4v) is 4.06. The van der Waals surface area contributed by atoms with E-state index in [1.54, 1.807) is 4.68 Å². The molecule has 0 N–H and O–H groups in total. The Balaban J connectivity index is 2.14. The predicted octanol–water partition coefficient (Wildman–Crippen LogP) is 3.90. The van der Waals surface area contributed by atoms with Crippen LogP contribution >= 0.6 is 11.6 Å². The SMILES string of the molecule is CCC(=O)N(C)C1(c2nnnn2-c2cccc(Cl)c2C)CCC(C)CC1. The molecule has 1 amide bonds. The largest absolute Gasteiger partial charge is 0.333 e. The van der Waals surface area contributed by atoms with E-state index in [0.29, 0.717) is 17.4 Å². The molecular formula is C19H26ClN5O. The average Bonchev–Trinajstić information content (AvgIpc) is 3.13. The minimum Gasteiger partial charge on any atom is -0.333 e. The van der Waals surface area contributed by atoms with Gasteiger partial charge in [0.05, 0.1) is 5.69 Å². The highest BCUT2D eigenvalue weighted by molar-refractivity contribution is 6.31. The van der Waals surface area contributed by atoms with Gasteiger partial charge in [0.15, 0.2) is 5.82 Å². The zero-order valence-corrected chi connectivity index (χ0v) is 16.6. The zero-order chi connectivity index (χ0) is 18.9. The maximum atomic E-state index is 12.6. The number of nitrogens with zero attached hydrogens (tertiary/aromatic N) is 5. The first-order valence-electron chi connectivity index (χ1n) is 9.21. The third-order valence-electron chi connectivity index (χ3n) is 5.77. The number of carbonyl (C=O) groups is 1. The number of halogens is 1. The molecule has 140 valence electrons. The summed E-state index contributed by atoms with van der Waals surface area (Å²) in [6.07, 6.45) is 4.27. The number of amides is 1. The van der Waals surface area contributed by atoms with Gasteiger partial charge in [-0.05, 0) is 66.6 Å². The second-order valence-electron chi connectivity index (χ2n) is 7.32. The molecule has 1 aliphatic rings. The molecule has 0 saturated heterocycles. The molecule has 1 heterocycles. The molecule has 1 aromatic heterocycles. The first kappa shape index (κ1) is 18.8. The van der Waals surface area contributed by atoms with E-state index in [9.17, 15) is 4.79 Å². The van der Waals surface area contributed by atoms with Gasteiger partial charge in [0.2, 0.25) is 5.91 Å². The molecule has 0 radical (unpaired) electrons. The number of carbonyl (C=O) groups excluding carboxylic acids is 1. The van der Waals surface area contributed by atoms with Crippen LogP contribution in [0.25, 0.3) is 5.69 Å². The standard InChI is InChI=1S/C19H26ClN5O/c1-5-17(26)24(4)19(11-9-13(2)10-12-19)18-21-22-23-25(18)16-8-6-7-15(20)14(16)3/h6-8,13H,5,9-12H2,1-4H3. The molecule has 1 aromatic carbocycles. The lowest BCUT2D eigenvalue weighted by molar-refractivity contribution is -0.138. The van der Waals surface area contributed by atoms with Crippen LogP contribution in [-0.4, -0.2) is 38.1 Å². The lowest BCUT2D eigenvalue weighted by Gasteiger charge is -2.44. The molecule has 7 heteroatoms. The van der Waals surface area contributed by atoms with Gasteiger partial charge in [-0.3, -0.25) is 4.79 Å². The van der Waals surface area contributed by atoms with E-state index in [4.69, 9.17) is 11.6 Å². The smallest absolute Gasteiger partial charge is 0.222 e. The van der Waals surface area contributed by atoms with Crippen LogP contribution in [0.3, 0.4) is 0 Å².